The highest BCUT2D eigenvalue weighted by Gasteiger charge is 2.20. The molecule has 0 bridgehead atoms. The third-order valence-corrected chi connectivity index (χ3v) is 3.49. The lowest BCUT2D eigenvalue weighted by Gasteiger charge is -2.29. The molecule has 0 amide bonds. The molecule has 0 unspecified atom stereocenters. The van der Waals surface area contributed by atoms with Crippen molar-refractivity contribution in [1.82, 2.24) is 15.0 Å². The minimum absolute atomic E-state index is 0.387. The van der Waals surface area contributed by atoms with E-state index < -0.39 is 0 Å². The molecule has 8 nitrogen and oxygen atoms in total. The van der Waals surface area contributed by atoms with Crippen molar-refractivity contribution < 1.29 is 4.74 Å². The lowest BCUT2D eigenvalue weighted by atomic mass is 9.93. The Kier molecular flexibility index (Phi) is 3.60. The number of ether oxygens (including phenoxy) is 1. The summed E-state index contributed by atoms with van der Waals surface area (Å²) in [6.45, 7) is 2.97. The zero-order valence-electron chi connectivity index (χ0n) is 10.8. The van der Waals surface area contributed by atoms with Gasteiger partial charge in [-0.3, -0.25) is 5.43 Å². The molecule has 3 rings (SSSR count). The number of nitrogens with one attached hydrogen (secondary N) is 2. The van der Waals surface area contributed by atoms with E-state index in [0.29, 0.717) is 37.1 Å². The van der Waals surface area contributed by atoms with Crippen molar-refractivity contribution >= 4 is 17.8 Å². The molecule has 1 aromatic rings. The first kappa shape index (κ1) is 12.4. The molecule has 2 fully saturated rings. The number of nitrogens with zero attached hydrogens (tertiary/aromatic N) is 4. The molecule has 0 spiro atoms. The summed E-state index contributed by atoms with van der Waals surface area (Å²) < 4.78 is 5.33. The van der Waals surface area contributed by atoms with Crippen LogP contribution >= 0.6 is 0 Å². The van der Waals surface area contributed by atoms with Gasteiger partial charge in [0.05, 0.1) is 13.2 Å². The first-order valence-corrected chi connectivity index (χ1v) is 6.67. The van der Waals surface area contributed by atoms with Crippen LogP contribution < -0.4 is 21.5 Å². The molecule has 1 aliphatic heterocycles. The van der Waals surface area contributed by atoms with Crippen LogP contribution in [0.3, 0.4) is 0 Å². The van der Waals surface area contributed by atoms with E-state index in [1.165, 1.54) is 19.3 Å². The van der Waals surface area contributed by atoms with E-state index in [4.69, 9.17) is 10.6 Å². The summed E-state index contributed by atoms with van der Waals surface area (Å²) in [5.74, 6) is 7.05. The molecule has 1 aliphatic carbocycles. The van der Waals surface area contributed by atoms with Crippen LogP contribution in [0.25, 0.3) is 0 Å². The van der Waals surface area contributed by atoms with Gasteiger partial charge in [0, 0.05) is 19.1 Å². The second-order valence-electron chi connectivity index (χ2n) is 4.80. The monoisotopic (exact) mass is 265 g/mol. The molecule has 2 aliphatic rings. The maximum Gasteiger partial charge on any atom is 0.243 e. The Morgan fingerprint density at radius 2 is 1.84 bits per heavy atom. The first-order valence-electron chi connectivity index (χ1n) is 6.67. The molecule has 0 atom stereocenters. The van der Waals surface area contributed by atoms with E-state index >= 15 is 0 Å². The summed E-state index contributed by atoms with van der Waals surface area (Å²) >= 11 is 0. The fourth-order valence-electron chi connectivity index (χ4n) is 2.13. The average molecular weight is 265 g/mol. The minimum atomic E-state index is 0.387. The van der Waals surface area contributed by atoms with E-state index in [1.54, 1.807) is 0 Å². The predicted octanol–water partition coefficient (Wildman–Crippen LogP) is -0.0418. The Hall–Kier alpha value is -1.67. The molecular weight excluding hydrogens is 246 g/mol. The number of hydrazine groups is 1. The zero-order valence-corrected chi connectivity index (χ0v) is 10.8. The molecule has 8 heteroatoms. The number of rotatable bonds is 4. The Bertz CT molecular complexity index is 431. The van der Waals surface area contributed by atoms with Crippen LogP contribution in [0.2, 0.25) is 0 Å². The molecule has 2 heterocycles. The Labute approximate surface area is 111 Å². The summed E-state index contributed by atoms with van der Waals surface area (Å²) in [4.78, 5) is 15.1. The molecule has 19 heavy (non-hydrogen) atoms. The molecule has 0 radical (unpaired) electrons. The van der Waals surface area contributed by atoms with Gasteiger partial charge in [-0.2, -0.15) is 15.0 Å². The number of aromatic nitrogens is 3. The summed E-state index contributed by atoms with van der Waals surface area (Å²) in [5, 5.41) is 3.32. The molecule has 1 saturated heterocycles. The molecular formula is C11H19N7O. The van der Waals surface area contributed by atoms with Crippen LogP contribution in [0, 0.1) is 0 Å². The van der Waals surface area contributed by atoms with Crippen molar-refractivity contribution in [3.8, 4) is 0 Å². The molecule has 1 saturated carbocycles. The van der Waals surface area contributed by atoms with Crippen LogP contribution in [0.1, 0.15) is 19.3 Å². The Balaban J connectivity index is 1.78. The third-order valence-electron chi connectivity index (χ3n) is 3.49. The van der Waals surface area contributed by atoms with Gasteiger partial charge in [0.25, 0.3) is 0 Å². The van der Waals surface area contributed by atoms with Crippen molar-refractivity contribution in [1.29, 1.82) is 0 Å². The van der Waals surface area contributed by atoms with E-state index in [-0.39, 0.29) is 0 Å². The summed E-state index contributed by atoms with van der Waals surface area (Å²) in [7, 11) is 0. The van der Waals surface area contributed by atoms with Gasteiger partial charge in [-0.25, -0.2) is 5.84 Å². The number of hydrogen-bond acceptors (Lipinski definition) is 8. The number of nitrogens with two attached hydrogens (primary N) is 1. The van der Waals surface area contributed by atoms with Gasteiger partial charge in [-0.1, -0.05) is 0 Å². The second-order valence-corrected chi connectivity index (χ2v) is 4.80. The maximum absolute atomic E-state index is 5.42. The fourth-order valence-corrected chi connectivity index (χ4v) is 2.13. The number of anilines is 3. The normalized spacial score (nSPS) is 19.9. The second kappa shape index (κ2) is 5.54. The van der Waals surface area contributed by atoms with Gasteiger partial charge in [0.2, 0.25) is 17.8 Å². The van der Waals surface area contributed by atoms with Crippen molar-refractivity contribution in [3.63, 3.8) is 0 Å². The molecule has 0 aromatic carbocycles. The number of hydrogen-bond donors (Lipinski definition) is 3. The van der Waals surface area contributed by atoms with E-state index in [2.05, 4.69) is 30.6 Å². The summed E-state index contributed by atoms with van der Waals surface area (Å²) in [5.41, 5.74) is 2.50. The fraction of sp³-hybridized carbons (Fsp3) is 0.727. The van der Waals surface area contributed by atoms with Gasteiger partial charge in [-0.15, -0.1) is 0 Å². The molecule has 1 aromatic heterocycles. The Morgan fingerprint density at radius 1 is 1.11 bits per heavy atom. The van der Waals surface area contributed by atoms with Crippen LogP contribution in [-0.4, -0.2) is 47.3 Å². The lowest BCUT2D eigenvalue weighted by Crippen LogP contribution is -2.38. The largest absolute Gasteiger partial charge is 0.378 e. The van der Waals surface area contributed by atoms with Crippen LogP contribution in [0.4, 0.5) is 17.8 Å². The van der Waals surface area contributed by atoms with Crippen molar-refractivity contribution in [2.75, 3.05) is 41.9 Å². The smallest absolute Gasteiger partial charge is 0.243 e. The van der Waals surface area contributed by atoms with Crippen molar-refractivity contribution in [3.05, 3.63) is 0 Å². The van der Waals surface area contributed by atoms with Gasteiger partial charge >= 0.3 is 0 Å². The van der Waals surface area contributed by atoms with Crippen LogP contribution in [0.15, 0.2) is 0 Å². The van der Waals surface area contributed by atoms with Gasteiger partial charge in [0.15, 0.2) is 0 Å². The van der Waals surface area contributed by atoms with Gasteiger partial charge < -0.3 is 15.0 Å². The van der Waals surface area contributed by atoms with E-state index in [0.717, 1.165) is 13.1 Å². The lowest BCUT2D eigenvalue weighted by molar-refractivity contribution is 0.122. The standard InChI is InChI=1S/C11H19N7O/c12-17-10-14-9(13-8-2-1-3-8)15-11(16-10)18-4-6-19-7-5-18/h8H,1-7,12H2,(H2,13,14,15,16,17). The highest BCUT2D eigenvalue weighted by Crippen LogP contribution is 2.23. The third kappa shape index (κ3) is 2.85. The van der Waals surface area contributed by atoms with Crippen molar-refractivity contribution in [2.24, 2.45) is 5.84 Å². The van der Waals surface area contributed by atoms with E-state index in [1.807, 2.05) is 0 Å². The van der Waals surface area contributed by atoms with Crippen molar-refractivity contribution in [2.45, 2.75) is 25.3 Å². The van der Waals surface area contributed by atoms with E-state index in [9.17, 15) is 0 Å². The maximum atomic E-state index is 5.42. The predicted molar refractivity (Wildman–Crippen MR) is 71.9 cm³/mol. The van der Waals surface area contributed by atoms with Crippen LogP contribution in [-0.2, 0) is 4.74 Å². The minimum Gasteiger partial charge on any atom is -0.378 e. The molecule has 104 valence electrons. The Morgan fingerprint density at radius 3 is 2.47 bits per heavy atom. The average Bonchev–Trinajstić information content (AvgIpc) is 2.43. The summed E-state index contributed by atoms with van der Waals surface area (Å²) in [6.07, 6.45) is 3.61. The summed E-state index contributed by atoms with van der Waals surface area (Å²) in [6, 6.07) is 0.477. The highest BCUT2D eigenvalue weighted by atomic mass is 16.5. The number of nitrogen functional groups attached to an aromatic ring is 1. The zero-order chi connectivity index (χ0) is 13.1. The highest BCUT2D eigenvalue weighted by molar-refractivity contribution is 5.44. The SMILES string of the molecule is NNc1nc(NC2CCC2)nc(N2CCOCC2)n1. The first-order chi connectivity index (χ1) is 9.35. The number of morpholine rings is 1. The van der Waals surface area contributed by atoms with Crippen LogP contribution in [0.5, 0.6) is 0 Å². The van der Waals surface area contributed by atoms with Gasteiger partial charge in [0.1, 0.15) is 0 Å². The topological polar surface area (TPSA) is 101 Å². The quantitative estimate of drug-likeness (QED) is 0.515. The molecule has 4 N–H and O–H groups in total. The van der Waals surface area contributed by atoms with Gasteiger partial charge in [-0.05, 0) is 19.3 Å².